The molecule has 0 fully saturated rings. The second kappa shape index (κ2) is 10.1. The molecule has 0 saturated carbocycles. The lowest BCUT2D eigenvalue weighted by molar-refractivity contribution is -0.727. The second-order valence-corrected chi connectivity index (χ2v) is 6.43. The number of hydrogen-bond donors (Lipinski definition) is 3. The van der Waals surface area contributed by atoms with Crippen LogP contribution in [0.1, 0.15) is 29.8 Å². The molecule has 2 amide bonds. The van der Waals surface area contributed by atoms with Crippen molar-refractivity contribution in [1.29, 1.82) is 0 Å². The van der Waals surface area contributed by atoms with Gasteiger partial charge in [0.05, 0.1) is 5.56 Å². The summed E-state index contributed by atoms with van der Waals surface area (Å²) in [6.45, 7) is 3.26. The molecule has 0 saturated heterocycles. The van der Waals surface area contributed by atoms with Gasteiger partial charge < -0.3 is 20.5 Å². The molecule has 8 nitrogen and oxygen atoms in total. The van der Waals surface area contributed by atoms with E-state index in [1.54, 1.807) is 17.0 Å². The van der Waals surface area contributed by atoms with Crippen molar-refractivity contribution in [3.05, 3.63) is 66.0 Å². The summed E-state index contributed by atoms with van der Waals surface area (Å²) in [5.41, 5.74) is 1.43. The normalized spacial score (nSPS) is 12.5. The molecule has 0 aliphatic heterocycles. The van der Waals surface area contributed by atoms with E-state index >= 15 is 0 Å². The van der Waals surface area contributed by atoms with Gasteiger partial charge in [-0.05, 0) is 25.8 Å². The maximum Gasteiger partial charge on any atom is 0.412 e. The molecule has 8 heteroatoms. The SMILES string of the molecule is C[C@H](NC(=O)c1cc[n+](COC(=O)N[C@@H](C)Cc2ccccc2)cc1)C(=O)O. The molecule has 0 unspecified atom stereocenters. The van der Waals surface area contributed by atoms with Crippen LogP contribution in [0.25, 0.3) is 0 Å². The maximum absolute atomic E-state index is 11.9. The lowest BCUT2D eigenvalue weighted by atomic mass is 10.1. The molecule has 0 aliphatic rings. The molecule has 2 rings (SSSR count). The van der Waals surface area contributed by atoms with Gasteiger partial charge in [0.25, 0.3) is 12.6 Å². The van der Waals surface area contributed by atoms with Crippen molar-refractivity contribution < 1.29 is 28.8 Å². The molecule has 0 aliphatic carbocycles. The number of amides is 2. The number of benzene rings is 1. The minimum atomic E-state index is -1.11. The van der Waals surface area contributed by atoms with E-state index in [9.17, 15) is 14.4 Å². The summed E-state index contributed by atoms with van der Waals surface area (Å²) in [4.78, 5) is 34.6. The Balaban J connectivity index is 1.78. The number of nitrogens with zero attached hydrogens (tertiary/aromatic N) is 1. The first kappa shape index (κ1) is 20.9. The van der Waals surface area contributed by atoms with Crippen LogP contribution < -0.4 is 15.2 Å². The number of hydrogen-bond acceptors (Lipinski definition) is 4. The zero-order chi connectivity index (χ0) is 20.5. The Bertz CT molecular complexity index is 808. The number of aliphatic carboxylic acids is 1. The minimum Gasteiger partial charge on any atom is -0.480 e. The Morgan fingerprint density at radius 3 is 2.29 bits per heavy atom. The van der Waals surface area contributed by atoms with Crippen molar-refractivity contribution >= 4 is 18.0 Å². The van der Waals surface area contributed by atoms with Crippen LogP contribution in [0.2, 0.25) is 0 Å². The van der Waals surface area contributed by atoms with Crippen molar-refractivity contribution in [3.8, 4) is 0 Å². The van der Waals surface area contributed by atoms with Crippen LogP contribution in [0, 0.1) is 0 Å². The Kier molecular flexibility index (Phi) is 7.50. The summed E-state index contributed by atoms with van der Waals surface area (Å²) in [6.07, 6.45) is 3.30. The third-order valence-corrected chi connectivity index (χ3v) is 3.97. The van der Waals surface area contributed by atoms with E-state index in [1.807, 2.05) is 37.3 Å². The van der Waals surface area contributed by atoms with Gasteiger partial charge in [0, 0.05) is 18.2 Å². The monoisotopic (exact) mass is 386 g/mol. The van der Waals surface area contributed by atoms with Crippen molar-refractivity contribution in [2.75, 3.05) is 0 Å². The molecule has 148 valence electrons. The average molecular weight is 386 g/mol. The number of carbonyl (C=O) groups is 3. The zero-order valence-electron chi connectivity index (χ0n) is 15.8. The van der Waals surface area contributed by atoms with Gasteiger partial charge in [-0.15, -0.1) is 0 Å². The van der Waals surface area contributed by atoms with Gasteiger partial charge in [-0.25, -0.2) is 4.79 Å². The first-order chi connectivity index (χ1) is 13.3. The van der Waals surface area contributed by atoms with Crippen LogP contribution >= 0.6 is 0 Å². The van der Waals surface area contributed by atoms with Crippen LogP contribution in [-0.2, 0) is 22.7 Å². The lowest BCUT2D eigenvalue weighted by Gasteiger charge is -2.13. The number of aromatic nitrogens is 1. The van der Waals surface area contributed by atoms with Crippen LogP contribution in [0.3, 0.4) is 0 Å². The molecule has 1 aromatic heterocycles. The van der Waals surface area contributed by atoms with E-state index in [2.05, 4.69) is 10.6 Å². The van der Waals surface area contributed by atoms with E-state index in [4.69, 9.17) is 9.84 Å². The third kappa shape index (κ3) is 6.71. The van der Waals surface area contributed by atoms with E-state index in [-0.39, 0.29) is 12.8 Å². The fourth-order valence-corrected chi connectivity index (χ4v) is 2.43. The molecule has 2 atom stereocenters. The summed E-state index contributed by atoms with van der Waals surface area (Å²) in [5, 5.41) is 13.9. The number of carbonyl (C=O) groups excluding carboxylic acids is 2. The van der Waals surface area contributed by atoms with Crippen LogP contribution in [0.4, 0.5) is 4.79 Å². The second-order valence-electron chi connectivity index (χ2n) is 6.43. The highest BCUT2D eigenvalue weighted by molar-refractivity contribution is 5.96. The number of rotatable bonds is 8. The molecule has 2 aromatic rings. The number of carboxylic acids is 1. The fraction of sp³-hybridized carbons (Fsp3) is 0.300. The Morgan fingerprint density at radius 1 is 1.04 bits per heavy atom. The number of alkyl carbamates (subject to hydrolysis) is 1. The summed E-state index contributed by atoms with van der Waals surface area (Å²) < 4.78 is 6.75. The summed E-state index contributed by atoms with van der Waals surface area (Å²) in [5.74, 6) is -1.60. The highest BCUT2D eigenvalue weighted by atomic mass is 16.6. The standard InChI is InChI=1S/C20H23N3O5/c1-14(12-16-6-4-3-5-7-16)21-20(27)28-13-23-10-8-17(9-11-23)18(24)22-15(2)19(25)26/h3-11,14-15H,12-13H2,1-2H3,(H2-,21,22,24,25,26,27)/p+1/t14-,15-/m0/s1. The summed E-state index contributed by atoms with van der Waals surface area (Å²) >= 11 is 0. The minimum absolute atomic E-state index is 0.0165. The summed E-state index contributed by atoms with van der Waals surface area (Å²) in [7, 11) is 0. The molecular weight excluding hydrogens is 362 g/mol. The van der Waals surface area contributed by atoms with Crippen molar-refractivity contribution in [2.45, 2.75) is 39.1 Å². The van der Waals surface area contributed by atoms with Crippen molar-refractivity contribution in [2.24, 2.45) is 0 Å². The molecule has 1 aromatic carbocycles. The first-order valence-corrected chi connectivity index (χ1v) is 8.85. The number of carboxylic acid groups (broad SMARTS) is 1. The third-order valence-electron chi connectivity index (χ3n) is 3.97. The van der Waals surface area contributed by atoms with Crippen molar-refractivity contribution in [1.82, 2.24) is 10.6 Å². The molecule has 3 N–H and O–H groups in total. The maximum atomic E-state index is 11.9. The van der Waals surface area contributed by atoms with Crippen LogP contribution in [0.15, 0.2) is 54.9 Å². The van der Waals surface area contributed by atoms with Crippen LogP contribution in [-0.4, -0.2) is 35.2 Å². The fourth-order valence-electron chi connectivity index (χ4n) is 2.43. The highest BCUT2D eigenvalue weighted by Gasteiger charge is 2.16. The molecule has 0 radical (unpaired) electrons. The van der Waals surface area contributed by atoms with Gasteiger partial charge in [0.2, 0.25) is 0 Å². The Morgan fingerprint density at radius 2 is 1.68 bits per heavy atom. The molecule has 0 bridgehead atoms. The molecule has 0 spiro atoms. The molecule has 28 heavy (non-hydrogen) atoms. The van der Waals surface area contributed by atoms with Gasteiger partial charge in [-0.2, -0.15) is 4.57 Å². The van der Waals surface area contributed by atoms with Gasteiger partial charge in [-0.3, -0.25) is 9.59 Å². The van der Waals surface area contributed by atoms with Crippen LogP contribution in [0.5, 0.6) is 0 Å². The number of ether oxygens (including phenoxy) is 1. The predicted molar refractivity (Wildman–Crippen MR) is 100 cm³/mol. The molecule has 1 heterocycles. The molecular formula is C20H24N3O5+. The van der Waals surface area contributed by atoms with Crippen molar-refractivity contribution in [3.63, 3.8) is 0 Å². The largest absolute Gasteiger partial charge is 0.480 e. The van der Waals surface area contributed by atoms with Gasteiger partial charge in [-0.1, -0.05) is 30.3 Å². The number of pyridine rings is 1. The number of nitrogens with one attached hydrogen (secondary N) is 2. The smallest absolute Gasteiger partial charge is 0.412 e. The van der Waals surface area contributed by atoms with Gasteiger partial charge >= 0.3 is 12.1 Å². The van der Waals surface area contributed by atoms with Gasteiger partial charge in [0.15, 0.2) is 12.4 Å². The quantitative estimate of drug-likeness (QED) is 0.596. The highest BCUT2D eigenvalue weighted by Crippen LogP contribution is 2.03. The predicted octanol–water partition coefficient (Wildman–Crippen LogP) is 1.49. The van der Waals surface area contributed by atoms with E-state index in [0.29, 0.717) is 12.0 Å². The Labute approximate surface area is 163 Å². The van der Waals surface area contributed by atoms with Gasteiger partial charge in [0.1, 0.15) is 6.04 Å². The zero-order valence-corrected chi connectivity index (χ0v) is 15.8. The van der Waals surface area contributed by atoms with E-state index in [1.165, 1.54) is 19.1 Å². The lowest BCUT2D eigenvalue weighted by Crippen LogP contribution is -2.41. The topological polar surface area (TPSA) is 109 Å². The van der Waals surface area contributed by atoms with E-state index < -0.39 is 24.0 Å². The Hall–Kier alpha value is -3.42. The van der Waals surface area contributed by atoms with E-state index in [0.717, 1.165) is 5.56 Å². The first-order valence-electron chi connectivity index (χ1n) is 8.85. The average Bonchev–Trinajstić information content (AvgIpc) is 2.67. The summed E-state index contributed by atoms with van der Waals surface area (Å²) in [6, 6.07) is 11.8.